The molecule has 0 aliphatic carbocycles. The minimum Gasteiger partial charge on any atom is -0.467 e. The summed E-state index contributed by atoms with van der Waals surface area (Å²) in [5, 5.41) is 0. The zero-order chi connectivity index (χ0) is 22.7. The van der Waals surface area contributed by atoms with E-state index in [1.807, 2.05) is 0 Å². The van der Waals surface area contributed by atoms with Crippen molar-refractivity contribution in [2.45, 2.75) is 65.4 Å². The van der Waals surface area contributed by atoms with Gasteiger partial charge in [-0.25, -0.2) is 14.4 Å². The Morgan fingerprint density at radius 1 is 1.24 bits per heavy atom. The molecule has 0 aliphatic rings. The first-order valence-electron chi connectivity index (χ1n) is 8.84. The molecule has 29 heavy (non-hydrogen) atoms. The van der Waals surface area contributed by atoms with Crippen LogP contribution in [0.4, 0.5) is 0 Å². The van der Waals surface area contributed by atoms with Crippen LogP contribution in [0.15, 0.2) is 15.8 Å². The molecule has 1 rings (SSSR count). The fourth-order valence-electron chi connectivity index (χ4n) is 2.59. The zero-order valence-corrected chi connectivity index (χ0v) is 17.7. The van der Waals surface area contributed by atoms with Crippen molar-refractivity contribution in [1.29, 1.82) is 0 Å². The molecule has 1 heterocycles. The number of nitrogens with one attached hydrogen (secondary N) is 1. The van der Waals surface area contributed by atoms with Gasteiger partial charge < -0.3 is 9.47 Å². The van der Waals surface area contributed by atoms with Crippen LogP contribution in [0.5, 0.6) is 0 Å². The number of aromatic nitrogens is 2. The van der Waals surface area contributed by atoms with E-state index in [9.17, 15) is 24.0 Å². The number of H-pyrrole nitrogens is 1. The van der Waals surface area contributed by atoms with E-state index in [4.69, 9.17) is 10.5 Å². The van der Waals surface area contributed by atoms with Crippen molar-refractivity contribution < 1.29 is 23.9 Å². The molecule has 3 N–H and O–H groups in total. The van der Waals surface area contributed by atoms with E-state index in [0.29, 0.717) is 0 Å². The van der Waals surface area contributed by atoms with Gasteiger partial charge in [0.15, 0.2) is 5.66 Å². The van der Waals surface area contributed by atoms with Crippen molar-refractivity contribution in [1.82, 2.24) is 14.5 Å². The average Bonchev–Trinajstić information content (AvgIpc) is 2.57. The molecule has 2 atom stereocenters. The van der Waals surface area contributed by atoms with Gasteiger partial charge in [-0.15, -0.1) is 0 Å². The Labute approximate surface area is 167 Å². The lowest BCUT2D eigenvalue weighted by molar-refractivity contribution is -0.178. The molecule has 0 bridgehead atoms. The van der Waals surface area contributed by atoms with Crippen LogP contribution < -0.4 is 17.0 Å². The van der Waals surface area contributed by atoms with Gasteiger partial charge in [0.25, 0.3) is 5.56 Å². The topological polar surface area (TPSA) is 154 Å². The molecule has 11 heteroatoms. The Kier molecular flexibility index (Phi) is 7.14. The van der Waals surface area contributed by atoms with Crippen LogP contribution in [0.25, 0.3) is 0 Å². The maximum absolute atomic E-state index is 13.0. The quantitative estimate of drug-likeness (QED) is 0.457. The Morgan fingerprint density at radius 2 is 1.79 bits per heavy atom. The van der Waals surface area contributed by atoms with E-state index < -0.39 is 52.9 Å². The SMILES string of the molecule is COC(=O)[C@@H](C)N(C(=O)Cn1cc(C)c(=O)[nH]c1=O)C(C)(N)C(=O)OC(C)(C)C. The highest BCUT2D eigenvalue weighted by Crippen LogP contribution is 2.20. The van der Waals surface area contributed by atoms with Gasteiger partial charge in [-0.2, -0.15) is 0 Å². The molecule has 0 radical (unpaired) electrons. The van der Waals surface area contributed by atoms with Gasteiger partial charge in [-0.3, -0.25) is 29.8 Å². The fraction of sp³-hybridized carbons (Fsp3) is 0.611. The number of amides is 1. The minimum atomic E-state index is -2.04. The van der Waals surface area contributed by atoms with Crippen LogP contribution in [0.3, 0.4) is 0 Å². The molecule has 1 aromatic heterocycles. The number of methoxy groups -OCH3 is 1. The summed E-state index contributed by atoms with van der Waals surface area (Å²) in [7, 11) is 1.12. The maximum Gasteiger partial charge on any atom is 0.347 e. The summed E-state index contributed by atoms with van der Waals surface area (Å²) in [4.78, 5) is 64.2. The summed E-state index contributed by atoms with van der Waals surface area (Å²) in [6, 6.07) is -1.26. The number of hydrogen-bond donors (Lipinski definition) is 2. The average molecular weight is 412 g/mol. The first kappa shape index (κ1) is 24.1. The molecule has 1 unspecified atom stereocenters. The standard InChI is InChI=1S/C18H28N4O7/c1-10-8-21(16(27)20-13(10)24)9-12(23)22(11(2)14(25)28-7)18(6,19)15(26)29-17(3,4)5/h8,11H,9,19H2,1-7H3,(H,20,24,27)/t11-,18?/m1/s1. The highest BCUT2D eigenvalue weighted by atomic mass is 16.6. The molecular weight excluding hydrogens is 384 g/mol. The van der Waals surface area contributed by atoms with Crippen molar-refractivity contribution in [2.75, 3.05) is 7.11 Å². The Morgan fingerprint density at radius 3 is 2.28 bits per heavy atom. The smallest absolute Gasteiger partial charge is 0.347 e. The second kappa shape index (κ2) is 8.60. The predicted octanol–water partition coefficient (Wildman–Crippen LogP) is -0.748. The number of hydrogen-bond acceptors (Lipinski definition) is 8. The van der Waals surface area contributed by atoms with Crippen LogP contribution in [-0.2, 0) is 30.4 Å². The van der Waals surface area contributed by atoms with Gasteiger partial charge in [0, 0.05) is 11.8 Å². The van der Waals surface area contributed by atoms with Gasteiger partial charge in [-0.05, 0) is 41.5 Å². The van der Waals surface area contributed by atoms with Gasteiger partial charge >= 0.3 is 17.6 Å². The van der Waals surface area contributed by atoms with E-state index in [-0.39, 0.29) is 5.56 Å². The third-order valence-electron chi connectivity index (χ3n) is 4.01. The van der Waals surface area contributed by atoms with Gasteiger partial charge in [0.2, 0.25) is 5.91 Å². The molecule has 0 aliphatic heterocycles. The molecule has 0 saturated carbocycles. The first-order valence-corrected chi connectivity index (χ1v) is 8.84. The first-order chi connectivity index (χ1) is 13.1. The molecule has 1 aromatic rings. The Bertz CT molecular complexity index is 908. The summed E-state index contributed by atoms with van der Waals surface area (Å²) in [5.41, 5.74) is 1.98. The monoisotopic (exact) mass is 412 g/mol. The molecule has 0 aromatic carbocycles. The van der Waals surface area contributed by atoms with E-state index >= 15 is 0 Å². The summed E-state index contributed by atoms with van der Waals surface area (Å²) >= 11 is 0. The van der Waals surface area contributed by atoms with Crippen LogP contribution in [0.2, 0.25) is 0 Å². The number of nitrogens with two attached hydrogens (primary N) is 1. The van der Waals surface area contributed by atoms with E-state index in [1.165, 1.54) is 27.0 Å². The normalized spacial score (nSPS) is 14.5. The Balaban J connectivity index is 3.38. The zero-order valence-electron chi connectivity index (χ0n) is 17.7. The summed E-state index contributed by atoms with van der Waals surface area (Å²) in [5.74, 6) is -2.59. The highest BCUT2D eigenvalue weighted by Gasteiger charge is 2.46. The number of esters is 2. The molecule has 162 valence electrons. The predicted molar refractivity (Wildman–Crippen MR) is 103 cm³/mol. The maximum atomic E-state index is 13.0. The van der Waals surface area contributed by atoms with Crippen LogP contribution >= 0.6 is 0 Å². The molecule has 0 spiro atoms. The fourth-order valence-corrected chi connectivity index (χ4v) is 2.59. The van der Waals surface area contributed by atoms with Crippen molar-refractivity contribution in [3.63, 3.8) is 0 Å². The van der Waals surface area contributed by atoms with E-state index in [2.05, 4.69) is 9.72 Å². The lowest BCUT2D eigenvalue weighted by Crippen LogP contribution is -2.67. The number of aromatic amines is 1. The number of aryl methyl sites for hydroxylation is 1. The highest BCUT2D eigenvalue weighted by molar-refractivity contribution is 5.91. The Hall–Kier alpha value is -2.95. The number of carbonyl (C=O) groups is 3. The summed E-state index contributed by atoms with van der Waals surface area (Å²) in [6.45, 7) is 8.31. The van der Waals surface area contributed by atoms with Gasteiger partial charge in [0.1, 0.15) is 18.2 Å². The van der Waals surface area contributed by atoms with Gasteiger partial charge in [-0.1, -0.05) is 0 Å². The molecule has 11 nitrogen and oxygen atoms in total. The van der Waals surface area contributed by atoms with E-state index in [1.54, 1.807) is 20.8 Å². The summed E-state index contributed by atoms with van der Waals surface area (Å²) in [6.07, 6.45) is 1.20. The number of carbonyl (C=O) groups excluding carboxylic acids is 3. The van der Waals surface area contributed by atoms with Crippen molar-refractivity contribution in [3.05, 3.63) is 32.6 Å². The van der Waals surface area contributed by atoms with Crippen LogP contribution in [-0.4, -0.2) is 56.7 Å². The van der Waals surface area contributed by atoms with Crippen molar-refractivity contribution in [2.24, 2.45) is 5.73 Å². The third kappa shape index (κ3) is 5.76. The molecule has 0 saturated heterocycles. The van der Waals surface area contributed by atoms with Crippen LogP contribution in [0.1, 0.15) is 40.2 Å². The van der Waals surface area contributed by atoms with E-state index in [0.717, 1.165) is 16.6 Å². The van der Waals surface area contributed by atoms with Gasteiger partial charge in [0.05, 0.1) is 7.11 Å². The third-order valence-corrected chi connectivity index (χ3v) is 4.01. The number of nitrogens with zero attached hydrogens (tertiary/aromatic N) is 2. The minimum absolute atomic E-state index is 0.201. The number of rotatable bonds is 6. The molecular formula is C18H28N4O7. The second-order valence-electron chi connectivity index (χ2n) is 7.81. The lowest BCUT2D eigenvalue weighted by Gasteiger charge is -2.40. The largest absolute Gasteiger partial charge is 0.467 e. The second-order valence-corrected chi connectivity index (χ2v) is 7.81. The van der Waals surface area contributed by atoms with Crippen LogP contribution in [0, 0.1) is 6.92 Å². The number of ether oxygens (including phenoxy) is 2. The van der Waals surface area contributed by atoms with Crippen molar-refractivity contribution in [3.8, 4) is 0 Å². The molecule has 0 fully saturated rings. The summed E-state index contributed by atoms with van der Waals surface area (Å²) < 4.78 is 10.9. The molecule has 1 amide bonds. The lowest BCUT2D eigenvalue weighted by atomic mass is 10.1. The van der Waals surface area contributed by atoms with Crippen molar-refractivity contribution >= 4 is 17.8 Å².